The molecule has 0 aliphatic rings. The lowest BCUT2D eigenvalue weighted by molar-refractivity contribution is 0.319. The minimum absolute atomic E-state index is 0.104. The highest BCUT2D eigenvalue weighted by Gasteiger charge is 2.13. The van der Waals surface area contributed by atoms with Crippen molar-refractivity contribution in [1.29, 1.82) is 0 Å². The lowest BCUT2D eigenvalue weighted by Crippen LogP contribution is -1.99. The number of hydrogen-bond acceptors (Lipinski definition) is 4. The molecule has 0 bridgehead atoms. The predicted octanol–water partition coefficient (Wildman–Crippen LogP) is 3.92. The molecule has 0 aromatic heterocycles. The normalized spacial score (nSPS) is 10.3. The smallest absolute Gasteiger partial charge is 0.169 e. The van der Waals surface area contributed by atoms with Gasteiger partial charge in [0.25, 0.3) is 0 Å². The number of rotatable bonds is 5. The molecule has 0 radical (unpaired) electrons. The summed E-state index contributed by atoms with van der Waals surface area (Å²) in [5.41, 5.74) is 7.03. The summed E-state index contributed by atoms with van der Waals surface area (Å²) in [6.07, 6.45) is 0. The van der Waals surface area contributed by atoms with Crippen LogP contribution in [0.3, 0.4) is 0 Å². The largest absolute Gasteiger partial charge is 0.493 e. The number of aryl methyl sites for hydroxylation is 1. The van der Waals surface area contributed by atoms with Crippen molar-refractivity contribution in [1.82, 2.24) is 0 Å². The van der Waals surface area contributed by atoms with Crippen molar-refractivity contribution in [3.8, 4) is 23.0 Å². The Morgan fingerprint density at radius 3 is 2.48 bits per heavy atom. The van der Waals surface area contributed by atoms with Crippen molar-refractivity contribution in [2.45, 2.75) is 13.8 Å². The fraction of sp³-hybridized carbons (Fsp3) is 0.250. The molecule has 0 unspecified atom stereocenters. The number of methoxy groups -OCH3 is 1. The number of benzene rings is 2. The van der Waals surface area contributed by atoms with Gasteiger partial charge in [0.05, 0.1) is 19.4 Å². The third kappa shape index (κ3) is 3.37. The molecule has 2 aromatic carbocycles. The van der Waals surface area contributed by atoms with E-state index in [0.29, 0.717) is 23.9 Å². The van der Waals surface area contributed by atoms with Crippen LogP contribution < -0.4 is 19.9 Å². The number of nitrogen functional groups attached to an aromatic ring is 1. The van der Waals surface area contributed by atoms with Crippen LogP contribution in [0.25, 0.3) is 0 Å². The molecule has 0 saturated carbocycles. The van der Waals surface area contributed by atoms with Gasteiger partial charge in [-0.1, -0.05) is 6.07 Å². The molecule has 2 rings (SSSR count). The summed E-state index contributed by atoms with van der Waals surface area (Å²) in [7, 11) is 1.56. The standard InChI is InChI=1S/C16H18FNO3/c1-4-20-14-9-15(12(18)8-11(14)17)21-13-6-5-10(2)7-16(13)19-3/h5-9H,4,18H2,1-3H3. The fourth-order valence-electron chi connectivity index (χ4n) is 1.88. The first-order valence-electron chi connectivity index (χ1n) is 6.59. The van der Waals surface area contributed by atoms with Crippen LogP contribution in [-0.4, -0.2) is 13.7 Å². The molecule has 0 spiro atoms. The predicted molar refractivity (Wildman–Crippen MR) is 79.8 cm³/mol. The van der Waals surface area contributed by atoms with E-state index in [-0.39, 0.29) is 11.4 Å². The molecule has 0 amide bonds. The van der Waals surface area contributed by atoms with E-state index in [4.69, 9.17) is 19.9 Å². The molecule has 21 heavy (non-hydrogen) atoms. The molecule has 2 N–H and O–H groups in total. The van der Waals surface area contributed by atoms with E-state index in [1.54, 1.807) is 20.1 Å². The first-order valence-corrected chi connectivity index (χ1v) is 6.59. The van der Waals surface area contributed by atoms with Crippen molar-refractivity contribution in [3.63, 3.8) is 0 Å². The summed E-state index contributed by atoms with van der Waals surface area (Å²) in [5.74, 6) is 0.993. The number of nitrogens with two attached hydrogens (primary N) is 1. The summed E-state index contributed by atoms with van der Waals surface area (Å²) in [6.45, 7) is 4.08. The Bertz CT molecular complexity index is 644. The Labute approximate surface area is 123 Å². The maximum absolute atomic E-state index is 13.7. The Kier molecular flexibility index (Phi) is 4.52. The molecule has 0 fully saturated rings. The zero-order valence-corrected chi connectivity index (χ0v) is 12.3. The second-order valence-corrected chi connectivity index (χ2v) is 4.51. The van der Waals surface area contributed by atoms with Gasteiger partial charge in [-0.15, -0.1) is 0 Å². The van der Waals surface area contributed by atoms with Gasteiger partial charge in [-0.3, -0.25) is 0 Å². The highest BCUT2D eigenvalue weighted by molar-refractivity contribution is 5.58. The van der Waals surface area contributed by atoms with Crippen molar-refractivity contribution in [2.75, 3.05) is 19.5 Å². The highest BCUT2D eigenvalue weighted by atomic mass is 19.1. The monoisotopic (exact) mass is 291 g/mol. The molecular formula is C16H18FNO3. The van der Waals surface area contributed by atoms with E-state index in [1.807, 2.05) is 19.1 Å². The molecule has 0 aliphatic carbocycles. The van der Waals surface area contributed by atoms with Gasteiger partial charge in [0.2, 0.25) is 0 Å². The molecule has 4 nitrogen and oxygen atoms in total. The van der Waals surface area contributed by atoms with Gasteiger partial charge in [-0.25, -0.2) is 4.39 Å². The highest BCUT2D eigenvalue weighted by Crippen LogP contribution is 2.37. The SMILES string of the molecule is CCOc1cc(Oc2ccc(C)cc2OC)c(N)cc1F. The van der Waals surface area contributed by atoms with Crippen molar-refractivity contribution < 1.29 is 18.6 Å². The lowest BCUT2D eigenvalue weighted by atomic mass is 10.2. The van der Waals surface area contributed by atoms with Gasteiger partial charge in [0.15, 0.2) is 28.8 Å². The van der Waals surface area contributed by atoms with Crippen LogP contribution in [0, 0.1) is 12.7 Å². The maximum Gasteiger partial charge on any atom is 0.169 e. The maximum atomic E-state index is 13.7. The average Bonchev–Trinajstić information content (AvgIpc) is 2.45. The van der Waals surface area contributed by atoms with Gasteiger partial charge in [0, 0.05) is 12.1 Å². The lowest BCUT2D eigenvalue weighted by Gasteiger charge is -2.14. The Hall–Kier alpha value is -2.43. The molecular weight excluding hydrogens is 273 g/mol. The quantitative estimate of drug-likeness (QED) is 0.848. The van der Waals surface area contributed by atoms with Crippen LogP contribution in [0.4, 0.5) is 10.1 Å². The van der Waals surface area contributed by atoms with E-state index >= 15 is 0 Å². The van der Waals surface area contributed by atoms with Gasteiger partial charge in [0.1, 0.15) is 0 Å². The van der Waals surface area contributed by atoms with Gasteiger partial charge in [-0.2, -0.15) is 0 Å². The molecule has 0 atom stereocenters. The van der Waals surface area contributed by atoms with Gasteiger partial charge in [-0.05, 0) is 31.5 Å². The summed E-state index contributed by atoms with van der Waals surface area (Å²) in [6, 6.07) is 8.13. The summed E-state index contributed by atoms with van der Waals surface area (Å²) in [5, 5.41) is 0. The van der Waals surface area contributed by atoms with Gasteiger partial charge < -0.3 is 19.9 Å². The van der Waals surface area contributed by atoms with Crippen LogP contribution in [0.1, 0.15) is 12.5 Å². The second kappa shape index (κ2) is 6.35. The van der Waals surface area contributed by atoms with Crippen LogP contribution in [0.5, 0.6) is 23.0 Å². The van der Waals surface area contributed by atoms with Crippen LogP contribution in [0.2, 0.25) is 0 Å². The number of ether oxygens (including phenoxy) is 3. The fourth-order valence-corrected chi connectivity index (χ4v) is 1.88. The van der Waals surface area contributed by atoms with E-state index in [9.17, 15) is 4.39 Å². The minimum Gasteiger partial charge on any atom is -0.493 e. The molecule has 5 heteroatoms. The van der Waals surface area contributed by atoms with Crippen molar-refractivity contribution in [3.05, 3.63) is 41.7 Å². The minimum atomic E-state index is -0.516. The van der Waals surface area contributed by atoms with Crippen LogP contribution >= 0.6 is 0 Å². The molecule has 0 heterocycles. The third-order valence-electron chi connectivity index (χ3n) is 2.90. The molecule has 112 valence electrons. The summed E-state index contributed by atoms with van der Waals surface area (Å²) in [4.78, 5) is 0. The first kappa shape index (κ1) is 15.0. The topological polar surface area (TPSA) is 53.7 Å². The zero-order chi connectivity index (χ0) is 15.4. The van der Waals surface area contributed by atoms with E-state index < -0.39 is 5.82 Å². The molecule has 0 saturated heterocycles. The molecule has 2 aromatic rings. The van der Waals surface area contributed by atoms with Crippen LogP contribution in [-0.2, 0) is 0 Å². The van der Waals surface area contributed by atoms with Crippen molar-refractivity contribution in [2.24, 2.45) is 0 Å². The average molecular weight is 291 g/mol. The summed E-state index contributed by atoms with van der Waals surface area (Å²) < 4.78 is 29.9. The van der Waals surface area contributed by atoms with E-state index in [1.165, 1.54) is 12.1 Å². The number of anilines is 1. The zero-order valence-electron chi connectivity index (χ0n) is 12.3. The van der Waals surface area contributed by atoms with E-state index in [0.717, 1.165) is 5.56 Å². The second-order valence-electron chi connectivity index (χ2n) is 4.51. The van der Waals surface area contributed by atoms with Crippen LogP contribution in [0.15, 0.2) is 30.3 Å². The van der Waals surface area contributed by atoms with Gasteiger partial charge >= 0.3 is 0 Å². The summed E-state index contributed by atoms with van der Waals surface area (Å²) >= 11 is 0. The Morgan fingerprint density at radius 2 is 1.81 bits per heavy atom. The van der Waals surface area contributed by atoms with E-state index in [2.05, 4.69) is 0 Å². The Morgan fingerprint density at radius 1 is 1.05 bits per heavy atom. The first-order chi connectivity index (χ1) is 10.0. The number of hydrogen-bond donors (Lipinski definition) is 1. The third-order valence-corrected chi connectivity index (χ3v) is 2.90. The Balaban J connectivity index is 2.37. The van der Waals surface area contributed by atoms with Crippen molar-refractivity contribution >= 4 is 5.69 Å². The molecule has 0 aliphatic heterocycles. The number of halogens is 1.